The first-order valence-electron chi connectivity index (χ1n) is 4.94. The normalized spacial score (nSPS) is 24.9. The van der Waals surface area contributed by atoms with Crippen LogP contribution in [0.1, 0.15) is 23.3 Å². The van der Waals surface area contributed by atoms with Crippen LogP contribution in [-0.4, -0.2) is 11.1 Å². The molecule has 1 fully saturated rings. The molecule has 0 saturated heterocycles. The van der Waals surface area contributed by atoms with Crippen molar-refractivity contribution >= 4 is 17.3 Å². The van der Waals surface area contributed by atoms with Crippen molar-refractivity contribution in [1.82, 2.24) is 0 Å². The van der Waals surface area contributed by atoms with Gasteiger partial charge in [-0.3, -0.25) is 4.79 Å². The lowest BCUT2D eigenvalue weighted by Crippen LogP contribution is -2.00. The van der Waals surface area contributed by atoms with Crippen molar-refractivity contribution < 1.29 is 9.90 Å². The Morgan fingerprint density at radius 2 is 2.50 bits per heavy atom. The van der Waals surface area contributed by atoms with Crippen molar-refractivity contribution in [3.63, 3.8) is 0 Å². The maximum Gasteiger partial charge on any atom is 0.306 e. The van der Waals surface area contributed by atoms with Crippen LogP contribution in [0, 0.1) is 18.8 Å². The third-order valence-electron chi connectivity index (χ3n) is 2.95. The van der Waals surface area contributed by atoms with Crippen LogP contribution >= 0.6 is 11.3 Å². The molecule has 2 nitrogen and oxygen atoms in total. The third kappa shape index (κ3) is 1.98. The fourth-order valence-electron chi connectivity index (χ4n) is 1.85. The van der Waals surface area contributed by atoms with Crippen LogP contribution in [0.2, 0.25) is 0 Å². The van der Waals surface area contributed by atoms with E-state index in [9.17, 15) is 4.79 Å². The highest BCUT2D eigenvalue weighted by molar-refractivity contribution is 7.10. The minimum Gasteiger partial charge on any atom is -0.481 e. The van der Waals surface area contributed by atoms with E-state index in [-0.39, 0.29) is 5.92 Å². The maximum atomic E-state index is 10.6. The largest absolute Gasteiger partial charge is 0.481 e. The predicted octanol–water partition coefficient (Wildman–Crippen LogP) is 2.71. The zero-order valence-electron chi connectivity index (χ0n) is 8.19. The number of hydrogen-bond donors (Lipinski definition) is 1. The number of carboxylic acids is 1. The molecule has 0 radical (unpaired) electrons. The van der Waals surface area contributed by atoms with Gasteiger partial charge in [0.25, 0.3) is 0 Å². The van der Waals surface area contributed by atoms with Crippen LogP contribution in [0.4, 0.5) is 0 Å². The molecule has 76 valence electrons. The molecule has 2 unspecified atom stereocenters. The van der Waals surface area contributed by atoms with Crippen LogP contribution < -0.4 is 0 Å². The molecule has 0 spiro atoms. The number of hydrogen-bond acceptors (Lipinski definition) is 2. The molecule has 0 aromatic carbocycles. The van der Waals surface area contributed by atoms with Gasteiger partial charge in [-0.15, -0.1) is 11.3 Å². The molecule has 1 saturated carbocycles. The summed E-state index contributed by atoms with van der Waals surface area (Å²) in [6.07, 6.45) is 2.98. The zero-order chi connectivity index (χ0) is 10.1. The van der Waals surface area contributed by atoms with Gasteiger partial charge in [0, 0.05) is 4.88 Å². The molecule has 2 atom stereocenters. The van der Waals surface area contributed by atoms with Gasteiger partial charge in [-0.1, -0.05) is 0 Å². The van der Waals surface area contributed by atoms with Crippen molar-refractivity contribution in [3.8, 4) is 0 Å². The Bertz CT molecular complexity index is 343. The molecule has 1 aliphatic carbocycles. The number of rotatable bonds is 4. The van der Waals surface area contributed by atoms with Gasteiger partial charge in [0.05, 0.1) is 5.92 Å². The van der Waals surface area contributed by atoms with E-state index in [0.29, 0.717) is 5.92 Å². The molecule has 3 heteroatoms. The number of thiophene rings is 1. The van der Waals surface area contributed by atoms with Gasteiger partial charge in [-0.05, 0) is 49.1 Å². The van der Waals surface area contributed by atoms with Crippen LogP contribution in [0.25, 0.3) is 0 Å². The summed E-state index contributed by atoms with van der Waals surface area (Å²) >= 11 is 1.78. The quantitative estimate of drug-likeness (QED) is 0.829. The molecule has 1 aromatic rings. The second kappa shape index (κ2) is 3.73. The second-order valence-electron chi connectivity index (χ2n) is 4.01. The Labute approximate surface area is 87.6 Å². The Hall–Kier alpha value is -0.830. The third-order valence-corrected chi connectivity index (χ3v) is 4.03. The average molecular weight is 210 g/mol. The SMILES string of the molecule is Cc1ccsc1CCC1CC1C(=O)O. The summed E-state index contributed by atoms with van der Waals surface area (Å²) in [6.45, 7) is 2.12. The summed E-state index contributed by atoms with van der Waals surface area (Å²) in [5, 5.41) is 10.8. The van der Waals surface area contributed by atoms with Crippen LogP contribution in [0.3, 0.4) is 0 Å². The minimum absolute atomic E-state index is 0.0460. The summed E-state index contributed by atoms with van der Waals surface area (Å²) in [7, 11) is 0. The lowest BCUT2D eigenvalue weighted by Gasteiger charge is -1.98. The lowest BCUT2D eigenvalue weighted by molar-refractivity contribution is -0.138. The Kier molecular flexibility index (Phi) is 2.59. The van der Waals surface area contributed by atoms with Crippen molar-refractivity contribution in [1.29, 1.82) is 0 Å². The van der Waals surface area contributed by atoms with Crippen LogP contribution in [0.5, 0.6) is 0 Å². The zero-order valence-corrected chi connectivity index (χ0v) is 9.01. The van der Waals surface area contributed by atoms with E-state index in [0.717, 1.165) is 19.3 Å². The van der Waals surface area contributed by atoms with E-state index in [1.807, 2.05) is 0 Å². The monoisotopic (exact) mass is 210 g/mol. The summed E-state index contributed by atoms with van der Waals surface area (Å²) in [4.78, 5) is 12.0. The maximum absolute atomic E-state index is 10.6. The number of carbonyl (C=O) groups is 1. The van der Waals surface area contributed by atoms with E-state index in [4.69, 9.17) is 5.11 Å². The van der Waals surface area contributed by atoms with E-state index >= 15 is 0 Å². The highest BCUT2D eigenvalue weighted by Crippen LogP contribution is 2.42. The standard InChI is InChI=1S/C11H14O2S/c1-7-4-5-14-10(7)3-2-8-6-9(8)11(12)13/h4-5,8-9H,2-3,6H2,1H3,(H,12,13). The van der Waals surface area contributed by atoms with Gasteiger partial charge in [0.1, 0.15) is 0 Å². The molecular formula is C11H14O2S. The topological polar surface area (TPSA) is 37.3 Å². The van der Waals surface area contributed by atoms with Crippen LogP contribution in [0.15, 0.2) is 11.4 Å². The van der Waals surface area contributed by atoms with Gasteiger partial charge in [-0.25, -0.2) is 0 Å². The predicted molar refractivity (Wildman–Crippen MR) is 56.6 cm³/mol. The van der Waals surface area contributed by atoms with E-state index < -0.39 is 5.97 Å². The summed E-state index contributed by atoms with van der Waals surface area (Å²) in [6, 6.07) is 2.13. The Morgan fingerprint density at radius 3 is 3.00 bits per heavy atom. The molecule has 1 N–H and O–H groups in total. The first kappa shape index (κ1) is 9.71. The van der Waals surface area contributed by atoms with Gasteiger partial charge in [-0.2, -0.15) is 0 Å². The number of carboxylic acid groups (broad SMARTS) is 1. The summed E-state index contributed by atoms with van der Waals surface area (Å²) < 4.78 is 0. The van der Waals surface area contributed by atoms with Crippen molar-refractivity contribution in [2.75, 3.05) is 0 Å². The van der Waals surface area contributed by atoms with E-state index in [1.54, 1.807) is 11.3 Å². The molecular weight excluding hydrogens is 196 g/mol. The van der Waals surface area contributed by atoms with Crippen molar-refractivity contribution in [2.24, 2.45) is 11.8 Å². The number of aliphatic carboxylic acids is 1. The second-order valence-corrected chi connectivity index (χ2v) is 5.01. The van der Waals surface area contributed by atoms with Gasteiger partial charge >= 0.3 is 5.97 Å². The fraction of sp³-hybridized carbons (Fsp3) is 0.545. The molecule has 14 heavy (non-hydrogen) atoms. The minimum atomic E-state index is -0.613. The highest BCUT2D eigenvalue weighted by Gasteiger charge is 2.42. The van der Waals surface area contributed by atoms with Gasteiger partial charge < -0.3 is 5.11 Å². The Morgan fingerprint density at radius 1 is 1.71 bits per heavy atom. The Balaban J connectivity index is 1.80. The first-order valence-corrected chi connectivity index (χ1v) is 5.82. The van der Waals surface area contributed by atoms with E-state index in [2.05, 4.69) is 18.4 Å². The molecule has 1 aliphatic rings. The van der Waals surface area contributed by atoms with Crippen LogP contribution in [-0.2, 0) is 11.2 Å². The van der Waals surface area contributed by atoms with Crippen molar-refractivity contribution in [2.45, 2.75) is 26.2 Å². The van der Waals surface area contributed by atoms with Gasteiger partial charge in [0.15, 0.2) is 0 Å². The first-order chi connectivity index (χ1) is 6.68. The summed E-state index contributed by atoms with van der Waals surface area (Å²) in [5.41, 5.74) is 1.35. The highest BCUT2D eigenvalue weighted by atomic mass is 32.1. The average Bonchev–Trinajstić information content (AvgIpc) is 2.81. The molecule has 0 amide bonds. The smallest absolute Gasteiger partial charge is 0.306 e. The number of aryl methyl sites for hydroxylation is 2. The van der Waals surface area contributed by atoms with Crippen molar-refractivity contribution in [3.05, 3.63) is 21.9 Å². The molecule has 1 heterocycles. The molecule has 2 rings (SSSR count). The molecule has 0 aliphatic heterocycles. The van der Waals surface area contributed by atoms with E-state index in [1.165, 1.54) is 10.4 Å². The summed E-state index contributed by atoms with van der Waals surface area (Å²) in [5.74, 6) is -0.220. The molecule has 0 bridgehead atoms. The molecule has 1 aromatic heterocycles. The van der Waals surface area contributed by atoms with Gasteiger partial charge in [0.2, 0.25) is 0 Å². The fourth-order valence-corrected chi connectivity index (χ4v) is 2.77. The lowest BCUT2D eigenvalue weighted by atomic mass is 10.1.